The molecule has 2 aromatic carbocycles. The van der Waals surface area contributed by atoms with Gasteiger partial charge in [0.25, 0.3) is 0 Å². The van der Waals surface area contributed by atoms with Gasteiger partial charge in [0.1, 0.15) is 17.5 Å². The van der Waals surface area contributed by atoms with Crippen LogP contribution in [0, 0.1) is 18.6 Å². The predicted octanol–water partition coefficient (Wildman–Crippen LogP) is 5.09. The molecule has 0 saturated heterocycles. The Balaban J connectivity index is 1.82. The topological polar surface area (TPSA) is 29.9 Å². The highest BCUT2D eigenvalue weighted by Crippen LogP contribution is 2.30. The lowest BCUT2D eigenvalue weighted by atomic mass is 10.2. The smallest absolute Gasteiger partial charge is 0.381 e. The van der Waals surface area contributed by atoms with Crippen LogP contribution in [-0.2, 0) is 12.7 Å². The summed E-state index contributed by atoms with van der Waals surface area (Å²) in [6.07, 6.45) is -3.85. The Kier molecular flexibility index (Phi) is 4.67. The summed E-state index contributed by atoms with van der Waals surface area (Å²) in [5, 5.41) is 2.88. The minimum Gasteiger partial charge on any atom is -0.381 e. The number of aryl methyl sites for hydroxylation is 1. The van der Waals surface area contributed by atoms with E-state index in [1.54, 1.807) is 18.2 Å². The highest BCUT2D eigenvalue weighted by Gasteiger charge is 2.34. The standard InChI is InChI=1S/C18H14F5N3/c1-11-25-17(18(21,22)23)10-26(11)16-7-6-13(8-15(16)20)24-9-12-4-2-3-5-14(12)19/h2-8,10,24H,9H2,1H3. The molecule has 1 aromatic heterocycles. The SMILES string of the molecule is Cc1nc(C(F)(F)F)cn1-c1ccc(NCc2ccccc2F)cc1F. The van der Waals surface area contributed by atoms with E-state index in [4.69, 9.17) is 0 Å². The lowest BCUT2D eigenvalue weighted by molar-refractivity contribution is -0.141. The van der Waals surface area contributed by atoms with Crippen LogP contribution in [-0.4, -0.2) is 9.55 Å². The fraction of sp³-hybridized carbons (Fsp3) is 0.167. The summed E-state index contributed by atoms with van der Waals surface area (Å²) in [7, 11) is 0. The molecule has 0 aliphatic carbocycles. The molecule has 0 fully saturated rings. The first-order valence-corrected chi connectivity index (χ1v) is 7.66. The van der Waals surface area contributed by atoms with E-state index in [1.165, 1.54) is 25.1 Å². The number of halogens is 5. The van der Waals surface area contributed by atoms with Gasteiger partial charge in [-0.1, -0.05) is 18.2 Å². The average Bonchev–Trinajstić information content (AvgIpc) is 2.96. The maximum atomic E-state index is 14.4. The lowest BCUT2D eigenvalue weighted by Crippen LogP contribution is -2.05. The van der Waals surface area contributed by atoms with Crippen molar-refractivity contribution in [3.05, 3.63) is 77.4 Å². The Labute approximate surface area is 146 Å². The Hall–Kier alpha value is -2.90. The minimum absolute atomic E-state index is 0.0169. The molecule has 0 aliphatic rings. The van der Waals surface area contributed by atoms with Gasteiger partial charge >= 0.3 is 6.18 Å². The number of nitrogens with zero attached hydrogens (tertiary/aromatic N) is 2. The van der Waals surface area contributed by atoms with Crippen LogP contribution < -0.4 is 5.32 Å². The van der Waals surface area contributed by atoms with Crippen LogP contribution in [0.2, 0.25) is 0 Å². The van der Waals surface area contributed by atoms with Gasteiger partial charge in [0.15, 0.2) is 5.69 Å². The molecule has 0 saturated carbocycles. The zero-order valence-corrected chi connectivity index (χ0v) is 13.6. The summed E-state index contributed by atoms with van der Waals surface area (Å²) < 4.78 is 67.2. The first-order chi connectivity index (χ1) is 12.3. The third kappa shape index (κ3) is 3.68. The summed E-state index contributed by atoms with van der Waals surface area (Å²) in [6.45, 7) is 1.51. The third-order valence-electron chi connectivity index (χ3n) is 3.82. The molecule has 3 aromatic rings. The van der Waals surface area contributed by atoms with Crippen LogP contribution in [0.25, 0.3) is 5.69 Å². The highest BCUT2D eigenvalue weighted by atomic mass is 19.4. The maximum Gasteiger partial charge on any atom is 0.434 e. The minimum atomic E-state index is -4.60. The Morgan fingerprint density at radius 2 is 1.77 bits per heavy atom. The van der Waals surface area contributed by atoms with E-state index in [-0.39, 0.29) is 23.9 Å². The Morgan fingerprint density at radius 1 is 1.04 bits per heavy atom. The molecule has 0 spiro atoms. The second kappa shape index (κ2) is 6.78. The Bertz CT molecular complexity index is 931. The van der Waals surface area contributed by atoms with Crippen molar-refractivity contribution in [3.8, 4) is 5.69 Å². The number of anilines is 1. The van der Waals surface area contributed by atoms with Crippen molar-refractivity contribution in [2.75, 3.05) is 5.32 Å². The van der Waals surface area contributed by atoms with Crippen molar-refractivity contribution in [2.45, 2.75) is 19.6 Å². The monoisotopic (exact) mass is 367 g/mol. The highest BCUT2D eigenvalue weighted by molar-refractivity contribution is 5.50. The molecule has 1 N–H and O–H groups in total. The fourth-order valence-electron chi connectivity index (χ4n) is 2.50. The van der Waals surface area contributed by atoms with E-state index in [1.807, 2.05) is 0 Å². The molecule has 136 valence electrons. The van der Waals surface area contributed by atoms with Crippen molar-refractivity contribution in [1.82, 2.24) is 9.55 Å². The Morgan fingerprint density at radius 3 is 2.38 bits per heavy atom. The van der Waals surface area contributed by atoms with Crippen LogP contribution in [0.1, 0.15) is 17.1 Å². The molecule has 1 heterocycles. The summed E-state index contributed by atoms with van der Waals surface area (Å²) in [5.74, 6) is -1.09. The first kappa shape index (κ1) is 17.9. The quantitative estimate of drug-likeness (QED) is 0.651. The first-order valence-electron chi connectivity index (χ1n) is 7.66. The van der Waals surface area contributed by atoms with Gasteiger partial charge in [0.2, 0.25) is 0 Å². The van der Waals surface area contributed by atoms with E-state index in [0.717, 1.165) is 16.8 Å². The number of nitrogens with one attached hydrogen (secondary N) is 1. The summed E-state index contributed by atoms with van der Waals surface area (Å²) in [4.78, 5) is 3.42. The largest absolute Gasteiger partial charge is 0.434 e. The third-order valence-corrected chi connectivity index (χ3v) is 3.82. The van der Waals surface area contributed by atoms with Crippen molar-refractivity contribution in [2.24, 2.45) is 0 Å². The number of benzene rings is 2. The van der Waals surface area contributed by atoms with Crippen molar-refractivity contribution < 1.29 is 22.0 Å². The van der Waals surface area contributed by atoms with Gasteiger partial charge in [0, 0.05) is 24.0 Å². The van der Waals surface area contributed by atoms with Gasteiger partial charge in [-0.3, -0.25) is 0 Å². The number of hydrogen-bond acceptors (Lipinski definition) is 2. The summed E-state index contributed by atoms with van der Waals surface area (Å²) in [6, 6.07) is 10.2. The molecule has 8 heteroatoms. The van der Waals surface area contributed by atoms with Gasteiger partial charge in [-0.2, -0.15) is 13.2 Å². The molecule has 26 heavy (non-hydrogen) atoms. The molecule has 0 bridgehead atoms. The number of hydrogen-bond donors (Lipinski definition) is 1. The number of alkyl halides is 3. The second-order valence-electron chi connectivity index (χ2n) is 5.65. The molecule has 3 rings (SSSR count). The van der Waals surface area contributed by atoms with Crippen LogP contribution >= 0.6 is 0 Å². The molecule has 0 radical (unpaired) electrons. The zero-order valence-electron chi connectivity index (χ0n) is 13.6. The van der Waals surface area contributed by atoms with Crippen molar-refractivity contribution >= 4 is 5.69 Å². The van der Waals surface area contributed by atoms with Gasteiger partial charge in [0.05, 0.1) is 5.69 Å². The van der Waals surface area contributed by atoms with Crippen LogP contribution in [0.15, 0.2) is 48.7 Å². The van der Waals surface area contributed by atoms with E-state index in [0.29, 0.717) is 11.3 Å². The van der Waals surface area contributed by atoms with Gasteiger partial charge in [-0.15, -0.1) is 0 Å². The lowest BCUT2D eigenvalue weighted by Gasteiger charge is -2.11. The average molecular weight is 367 g/mol. The van der Waals surface area contributed by atoms with Crippen LogP contribution in [0.4, 0.5) is 27.6 Å². The van der Waals surface area contributed by atoms with E-state index in [9.17, 15) is 22.0 Å². The van der Waals surface area contributed by atoms with E-state index in [2.05, 4.69) is 10.3 Å². The van der Waals surface area contributed by atoms with Crippen molar-refractivity contribution in [3.63, 3.8) is 0 Å². The number of rotatable bonds is 4. The molecule has 0 aliphatic heterocycles. The van der Waals surface area contributed by atoms with Gasteiger partial charge in [-0.05, 0) is 31.2 Å². The molecule has 3 nitrogen and oxygen atoms in total. The molecule has 0 atom stereocenters. The van der Waals surface area contributed by atoms with E-state index < -0.39 is 17.7 Å². The van der Waals surface area contributed by atoms with Gasteiger partial charge < -0.3 is 9.88 Å². The normalized spacial score (nSPS) is 11.6. The molecule has 0 amide bonds. The number of aromatic nitrogens is 2. The zero-order chi connectivity index (χ0) is 18.9. The fourth-order valence-corrected chi connectivity index (χ4v) is 2.50. The van der Waals surface area contributed by atoms with Gasteiger partial charge in [-0.25, -0.2) is 13.8 Å². The van der Waals surface area contributed by atoms with Crippen LogP contribution in [0.5, 0.6) is 0 Å². The molecular formula is C18H14F5N3. The molecular weight excluding hydrogens is 353 g/mol. The second-order valence-corrected chi connectivity index (χ2v) is 5.65. The van der Waals surface area contributed by atoms with Crippen LogP contribution in [0.3, 0.4) is 0 Å². The van der Waals surface area contributed by atoms with E-state index >= 15 is 0 Å². The van der Waals surface area contributed by atoms with Crippen molar-refractivity contribution in [1.29, 1.82) is 0 Å². The summed E-state index contributed by atoms with van der Waals surface area (Å²) in [5.41, 5.74) is -0.348. The molecule has 0 unspecified atom stereocenters. The summed E-state index contributed by atoms with van der Waals surface area (Å²) >= 11 is 0. The maximum absolute atomic E-state index is 14.4. The predicted molar refractivity (Wildman–Crippen MR) is 87.0 cm³/mol. The number of imidazole rings is 1.